The molecular weight excluding hydrogens is 1560 g/mol. The predicted octanol–water partition coefficient (Wildman–Crippen LogP) is 28.8. The number of rotatable bonds is 11. The molecule has 606 valence electrons. The van der Waals surface area contributed by atoms with Crippen LogP contribution in [0.5, 0.6) is 0 Å². The minimum absolute atomic E-state index is 0.135. The number of nitrogens with zero attached hydrogens (tertiary/aromatic N) is 8. The first-order valence-electron chi connectivity index (χ1n) is 45.0. The molecule has 19 aromatic carbocycles. The molecule has 0 amide bonds. The lowest BCUT2D eigenvalue weighted by molar-refractivity contribution is 1.13. The van der Waals surface area contributed by atoms with Crippen molar-refractivity contribution in [2.45, 2.75) is 41.5 Å². The van der Waals surface area contributed by atoms with Crippen LogP contribution in [0.1, 0.15) is 33.4 Å². The van der Waals surface area contributed by atoms with E-state index in [-0.39, 0.29) is 6.71 Å². The third-order valence-electron chi connectivity index (χ3n) is 28.5. The summed E-state index contributed by atoms with van der Waals surface area (Å²) in [5, 5.41) is 19.5. The van der Waals surface area contributed by atoms with Crippen molar-refractivity contribution >= 4 is 198 Å². The minimum Gasteiger partial charge on any atom is -0.309 e. The van der Waals surface area contributed by atoms with Gasteiger partial charge in [0.25, 0.3) is 0 Å². The van der Waals surface area contributed by atoms with Crippen LogP contribution in [0.3, 0.4) is 0 Å². The molecule has 27 rings (SSSR count). The molecular formula is C120H83BN8. The lowest BCUT2D eigenvalue weighted by Gasteiger charge is -2.26. The number of hydrogen-bond donors (Lipinski definition) is 0. The van der Waals surface area contributed by atoms with Crippen LogP contribution in [0.4, 0.5) is 0 Å². The molecule has 0 saturated carbocycles. The summed E-state index contributed by atoms with van der Waals surface area (Å²) >= 11 is 0. The lowest BCUT2D eigenvalue weighted by Crippen LogP contribution is -2.56. The maximum atomic E-state index is 2.57. The van der Waals surface area contributed by atoms with Crippen molar-refractivity contribution in [3.63, 3.8) is 0 Å². The first-order chi connectivity index (χ1) is 63.5. The van der Waals surface area contributed by atoms with Gasteiger partial charge in [-0.15, -0.1) is 0 Å². The van der Waals surface area contributed by atoms with Gasteiger partial charge in [0.1, 0.15) is 0 Å². The fourth-order valence-electron chi connectivity index (χ4n) is 23.6. The van der Waals surface area contributed by atoms with Gasteiger partial charge in [0.05, 0.1) is 88.3 Å². The van der Waals surface area contributed by atoms with Crippen LogP contribution in [0, 0.1) is 41.5 Å². The second kappa shape index (κ2) is 27.6. The Morgan fingerprint density at radius 3 is 0.612 bits per heavy atom. The zero-order chi connectivity index (χ0) is 85.4. The molecule has 8 aromatic heterocycles. The van der Waals surface area contributed by atoms with Gasteiger partial charge in [0.15, 0.2) is 0 Å². The van der Waals surface area contributed by atoms with Gasteiger partial charge in [-0.1, -0.05) is 256 Å². The van der Waals surface area contributed by atoms with Gasteiger partial charge >= 0.3 is 0 Å². The van der Waals surface area contributed by atoms with Crippen molar-refractivity contribution in [3.8, 4) is 45.5 Å². The van der Waals surface area contributed by atoms with Gasteiger partial charge in [-0.3, -0.25) is 0 Å². The molecule has 0 atom stereocenters. The SMILES string of the molecule is Cc1cc(C)c(B(c2cc(-n3c4ccccc4c4cc(-n5c6ccccc6c6c7c8ccccc8n(-c8ccc9c(c8)c8ccccc8n9-c8ccccc8)c7ccc65)ccc43)cc(-n3c4ccccc4c4cc(-n5c6ccccc6c6c7c8ccccc8n(-c8ccc9c(c8)c8ccccc8n9-c8ccccc8)c7ccc65)ccc43)c2)c2c(C)cc(C)cc2C)c(C)c1. The van der Waals surface area contributed by atoms with Crippen LogP contribution >= 0.6 is 0 Å². The number of aromatic nitrogens is 8. The standard InChI is InChI=1S/C120H83BN8/c1-72-61-74(3)119(75(4)62-72)121(120-76(5)63-73(2)64-77(120)6)78-65-85(128-101-43-23-15-35-89(101)97-70-83(51-55-109(97)128)126-105-47-27-19-39-93(105)117-113(126)59-57-111-115(117)91-37-17-25-45-103(91)124(111)81-49-53-107-95(68-81)87-33-13-21-41-99(87)122(107)79-29-9-7-10-30-79)67-86(66-78)129-102-44-24-16-36-90(102)98-71-84(52-56-110(98)129)127-106-48-28-20-40-94(106)118-114(127)60-58-112-116(118)92-38-18-26-46-104(92)125(112)82-50-54-108-96(69-82)88-34-14-22-42-100(88)123(108)80-31-11-8-12-32-80/h7-71H,1-6H3. The Bertz CT molecular complexity index is 8950. The first kappa shape index (κ1) is 73.0. The van der Waals surface area contributed by atoms with Gasteiger partial charge in [-0.2, -0.15) is 0 Å². The van der Waals surface area contributed by atoms with Gasteiger partial charge in [-0.05, 0) is 230 Å². The third-order valence-corrected chi connectivity index (χ3v) is 28.5. The molecule has 0 N–H and O–H groups in total. The van der Waals surface area contributed by atoms with Crippen molar-refractivity contribution in [2.75, 3.05) is 0 Å². The van der Waals surface area contributed by atoms with Crippen LogP contribution < -0.4 is 16.4 Å². The van der Waals surface area contributed by atoms with E-state index in [1.54, 1.807) is 0 Å². The number of aryl methyl sites for hydroxylation is 6. The summed E-state index contributed by atoms with van der Waals surface area (Å²) in [5.41, 5.74) is 39.1. The zero-order valence-corrected chi connectivity index (χ0v) is 72.2. The van der Waals surface area contributed by atoms with Gasteiger partial charge in [0, 0.05) is 132 Å². The van der Waals surface area contributed by atoms with E-state index in [0.717, 1.165) is 89.6 Å². The van der Waals surface area contributed by atoms with Crippen molar-refractivity contribution < 1.29 is 0 Å². The summed E-state index contributed by atoms with van der Waals surface area (Å²) in [7, 11) is 0. The maximum Gasteiger partial charge on any atom is 0.242 e. The molecule has 0 bridgehead atoms. The second-order valence-corrected chi connectivity index (χ2v) is 35.8. The van der Waals surface area contributed by atoms with E-state index in [4.69, 9.17) is 0 Å². The molecule has 0 aliphatic carbocycles. The molecule has 27 aromatic rings. The van der Waals surface area contributed by atoms with Gasteiger partial charge in [-0.25, -0.2) is 0 Å². The van der Waals surface area contributed by atoms with Gasteiger partial charge in [0.2, 0.25) is 6.71 Å². The van der Waals surface area contributed by atoms with E-state index in [2.05, 4.69) is 472 Å². The Morgan fingerprint density at radius 2 is 0.349 bits per heavy atom. The maximum absolute atomic E-state index is 2.57. The fourth-order valence-corrected chi connectivity index (χ4v) is 23.6. The van der Waals surface area contributed by atoms with Gasteiger partial charge < -0.3 is 36.5 Å². The van der Waals surface area contributed by atoms with Crippen LogP contribution in [-0.4, -0.2) is 43.2 Å². The highest BCUT2D eigenvalue weighted by atomic mass is 15.1. The summed E-state index contributed by atoms with van der Waals surface area (Å²) in [6, 6.07) is 149. The van der Waals surface area contributed by atoms with Crippen molar-refractivity contribution in [3.05, 3.63) is 428 Å². The van der Waals surface area contributed by atoms with Crippen LogP contribution in [0.15, 0.2) is 394 Å². The Morgan fingerprint density at radius 1 is 0.147 bits per heavy atom. The molecule has 129 heavy (non-hydrogen) atoms. The van der Waals surface area contributed by atoms with E-state index >= 15 is 0 Å². The molecule has 0 spiro atoms. The average molecular weight is 1650 g/mol. The number of hydrogen-bond acceptors (Lipinski definition) is 0. The summed E-state index contributed by atoms with van der Waals surface area (Å²) in [4.78, 5) is 0. The molecule has 0 unspecified atom stereocenters. The Kier molecular flexibility index (Phi) is 15.6. The number of para-hydroxylation sites is 10. The van der Waals surface area contributed by atoms with E-state index in [9.17, 15) is 0 Å². The number of fused-ring (bicyclic) bond motifs is 26. The lowest BCUT2D eigenvalue weighted by atomic mass is 9.34. The highest BCUT2D eigenvalue weighted by molar-refractivity contribution is 6.96. The summed E-state index contributed by atoms with van der Waals surface area (Å²) in [6.07, 6.45) is 0. The molecule has 0 saturated heterocycles. The highest BCUT2D eigenvalue weighted by Gasteiger charge is 2.33. The van der Waals surface area contributed by atoms with Crippen molar-refractivity contribution in [2.24, 2.45) is 0 Å². The summed E-state index contributed by atoms with van der Waals surface area (Å²) in [5.74, 6) is 0. The van der Waals surface area contributed by atoms with Crippen LogP contribution in [-0.2, 0) is 0 Å². The van der Waals surface area contributed by atoms with Crippen molar-refractivity contribution in [1.82, 2.24) is 36.5 Å². The number of benzene rings is 19. The third kappa shape index (κ3) is 10.5. The monoisotopic (exact) mass is 1650 g/mol. The quantitative estimate of drug-likeness (QED) is 0.116. The highest BCUT2D eigenvalue weighted by Crippen LogP contribution is 2.49. The Hall–Kier alpha value is -16.4. The topological polar surface area (TPSA) is 39.4 Å². The van der Waals surface area contributed by atoms with E-state index < -0.39 is 0 Å². The van der Waals surface area contributed by atoms with E-state index in [1.807, 2.05) is 0 Å². The molecule has 0 aliphatic rings. The largest absolute Gasteiger partial charge is 0.309 e. The Labute approximate surface area is 743 Å². The van der Waals surface area contributed by atoms with Crippen LogP contribution in [0.25, 0.3) is 220 Å². The first-order valence-corrected chi connectivity index (χ1v) is 45.0. The fraction of sp³-hybridized carbons (Fsp3) is 0.0500. The molecule has 9 heteroatoms. The minimum atomic E-state index is -0.135. The van der Waals surface area contributed by atoms with Crippen LogP contribution in [0.2, 0.25) is 0 Å². The molecule has 0 aliphatic heterocycles. The molecule has 0 fully saturated rings. The van der Waals surface area contributed by atoms with E-state index in [0.29, 0.717) is 0 Å². The molecule has 8 heterocycles. The molecule has 0 radical (unpaired) electrons. The zero-order valence-electron chi connectivity index (χ0n) is 72.2. The normalized spacial score (nSPS) is 12.3. The Balaban J connectivity index is 0.649. The summed E-state index contributed by atoms with van der Waals surface area (Å²) in [6.45, 7) is 13.7. The smallest absolute Gasteiger partial charge is 0.242 e. The van der Waals surface area contributed by atoms with E-state index in [1.165, 1.54) is 180 Å². The second-order valence-electron chi connectivity index (χ2n) is 35.8. The molecule has 8 nitrogen and oxygen atoms in total. The average Bonchev–Trinajstić information content (AvgIpc) is 1.54. The summed E-state index contributed by atoms with van der Waals surface area (Å²) < 4.78 is 20.0. The predicted molar refractivity (Wildman–Crippen MR) is 547 cm³/mol. The van der Waals surface area contributed by atoms with Crippen molar-refractivity contribution in [1.29, 1.82) is 0 Å².